The number of hydrogen-bond acceptors (Lipinski definition) is 5. The Kier molecular flexibility index (Phi) is 6.20. The molecule has 0 saturated carbocycles. The van der Waals surface area contributed by atoms with Crippen molar-refractivity contribution >= 4 is 21.6 Å². The summed E-state index contributed by atoms with van der Waals surface area (Å²) in [6.45, 7) is 1.37. The molecule has 0 radical (unpaired) electrons. The largest absolute Gasteiger partial charge is 0.493 e. The maximum Gasteiger partial charge on any atom is 0.243 e. The average Bonchev–Trinajstić information content (AvgIpc) is 2.82. The number of piperidine rings is 1. The summed E-state index contributed by atoms with van der Waals surface area (Å²) in [4.78, 5) is 15.3. The van der Waals surface area contributed by atoms with Crippen LogP contribution in [0.1, 0.15) is 24.8 Å². The Labute approximate surface area is 183 Å². The van der Waals surface area contributed by atoms with Crippen molar-refractivity contribution in [1.29, 1.82) is 0 Å². The summed E-state index contributed by atoms with van der Waals surface area (Å²) in [5.41, 5.74) is 2.20. The SMILES string of the molecule is COc1ccc(S(=O)(=O)N2CCC(C(=O)N3CCCc4ccccc43)CC2)cc1OC. The number of methoxy groups -OCH3 is 2. The van der Waals surface area contributed by atoms with Crippen LogP contribution in [0.2, 0.25) is 0 Å². The number of rotatable bonds is 5. The van der Waals surface area contributed by atoms with Gasteiger partial charge in [0.1, 0.15) is 0 Å². The number of ether oxygens (including phenoxy) is 2. The van der Waals surface area contributed by atoms with Crippen LogP contribution in [0.15, 0.2) is 47.4 Å². The topological polar surface area (TPSA) is 76.2 Å². The van der Waals surface area contributed by atoms with Crippen LogP contribution in [0.3, 0.4) is 0 Å². The van der Waals surface area contributed by atoms with E-state index in [2.05, 4.69) is 6.07 Å². The van der Waals surface area contributed by atoms with Crippen LogP contribution >= 0.6 is 0 Å². The Balaban J connectivity index is 1.46. The summed E-state index contributed by atoms with van der Waals surface area (Å²) in [7, 11) is -0.685. The predicted molar refractivity (Wildman–Crippen MR) is 118 cm³/mol. The number of sulfonamides is 1. The lowest BCUT2D eigenvalue weighted by Gasteiger charge is -2.36. The number of amides is 1. The Hall–Kier alpha value is -2.58. The molecule has 7 nitrogen and oxygen atoms in total. The maximum absolute atomic E-state index is 13.2. The molecule has 2 aliphatic rings. The minimum atomic E-state index is -3.67. The number of para-hydroxylation sites is 1. The van der Waals surface area contributed by atoms with Gasteiger partial charge in [0.05, 0.1) is 19.1 Å². The lowest BCUT2D eigenvalue weighted by atomic mass is 9.94. The zero-order valence-corrected chi connectivity index (χ0v) is 18.7. The van der Waals surface area contributed by atoms with Crippen molar-refractivity contribution in [1.82, 2.24) is 4.31 Å². The van der Waals surface area contributed by atoms with Crippen molar-refractivity contribution in [2.75, 3.05) is 38.8 Å². The molecule has 0 unspecified atom stereocenters. The van der Waals surface area contributed by atoms with Crippen molar-refractivity contribution in [3.05, 3.63) is 48.0 Å². The van der Waals surface area contributed by atoms with Gasteiger partial charge in [-0.05, 0) is 49.4 Å². The summed E-state index contributed by atoms with van der Waals surface area (Å²) in [5, 5.41) is 0. The number of carbonyl (C=O) groups is 1. The number of hydrogen-bond donors (Lipinski definition) is 0. The molecule has 166 valence electrons. The van der Waals surface area contributed by atoms with Gasteiger partial charge in [-0.1, -0.05) is 18.2 Å². The molecule has 4 rings (SSSR count). The van der Waals surface area contributed by atoms with E-state index in [0.717, 1.165) is 25.1 Å². The van der Waals surface area contributed by atoms with Crippen molar-refractivity contribution in [3.8, 4) is 11.5 Å². The lowest BCUT2D eigenvalue weighted by Crippen LogP contribution is -2.45. The molecule has 0 atom stereocenters. The second kappa shape index (κ2) is 8.88. The Morgan fingerprint density at radius 2 is 1.68 bits per heavy atom. The van der Waals surface area contributed by atoms with Crippen molar-refractivity contribution in [2.24, 2.45) is 5.92 Å². The second-order valence-electron chi connectivity index (χ2n) is 7.92. The normalized spacial score (nSPS) is 17.8. The zero-order valence-electron chi connectivity index (χ0n) is 17.9. The molecule has 0 N–H and O–H groups in total. The summed E-state index contributed by atoms with van der Waals surface area (Å²) in [6.07, 6.45) is 2.98. The van der Waals surface area contributed by atoms with Crippen molar-refractivity contribution in [2.45, 2.75) is 30.6 Å². The van der Waals surface area contributed by atoms with Gasteiger partial charge in [0, 0.05) is 37.3 Å². The number of benzene rings is 2. The Morgan fingerprint density at radius 1 is 0.968 bits per heavy atom. The first-order chi connectivity index (χ1) is 15.0. The molecule has 2 aliphatic heterocycles. The number of nitrogens with zero attached hydrogens (tertiary/aromatic N) is 2. The summed E-state index contributed by atoms with van der Waals surface area (Å²) in [6, 6.07) is 12.6. The Morgan fingerprint density at radius 3 is 2.39 bits per heavy atom. The van der Waals surface area contributed by atoms with Crippen molar-refractivity contribution < 1.29 is 22.7 Å². The molecule has 1 amide bonds. The van der Waals surface area contributed by atoms with Gasteiger partial charge in [0.25, 0.3) is 0 Å². The van der Waals surface area contributed by atoms with E-state index in [0.29, 0.717) is 37.4 Å². The van der Waals surface area contributed by atoms with Crippen LogP contribution in [0.4, 0.5) is 5.69 Å². The van der Waals surface area contributed by atoms with Gasteiger partial charge in [-0.25, -0.2) is 8.42 Å². The van der Waals surface area contributed by atoms with E-state index < -0.39 is 10.0 Å². The van der Waals surface area contributed by atoms with Crippen LogP contribution in [0.25, 0.3) is 0 Å². The molecule has 0 aliphatic carbocycles. The lowest BCUT2D eigenvalue weighted by molar-refractivity contribution is -0.123. The zero-order chi connectivity index (χ0) is 22.0. The molecule has 0 spiro atoms. The number of carbonyl (C=O) groups excluding carboxylic acids is 1. The number of fused-ring (bicyclic) bond motifs is 1. The third kappa shape index (κ3) is 4.14. The highest BCUT2D eigenvalue weighted by Gasteiger charge is 2.35. The van der Waals surface area contributed by atoms with Gasteiger partial charge < -0.3 is 14.4 Å². The quantitative estimate of drug-likeness (QED) is 0.708. The molecular formula is C23H28N2O5S. The summed E-state index contributed by atoms with van der Waals surface area (Å²) < 4.78 is 38.2. The van der Waals surface area contributed by atoms with E-state index in [1.165, 1.54) is 36.2 Å². The smallest absolute Gasteiger partial charge is 0.243 e. The Bertz CT molecular complexity index is 1060. The van der Waals surface area contributed by atoms with Crippen LogP contribution < -0.4 is 14.4 Å². The standard InChI is InChI=1S/C23H28N2O5S/c1-29-21-10-9-19(16-22(21)30-2)31(27,28)24-14-11-18(12-15-24)23(26)25-13-5-7-17-6-3-4-8-20(17)25/h3-4,6,8-10,16,18H,5,7,11-15H2,1-2H3. The minimum absolute atomic E-state index is 0.107. The second-order valence-corrected chi connectivity index (χ2v) is 9.86. The maximum atomic E-state index is 13.2. The molecular weight excluding hydrogens is 416 g/mol. The molecule has 1 fully saturated rings. The van der Waals surface area contributed by atoms with E-state index in [-0.39, 0.29) is 16.7 Å². The van der Waals surface area contributed by atoms with Crippen LogP contribution in [0, 0.1) is 5.92 Å². The summed E-state index contributed by atoms with van der Waals surface area (Å²) >= 11 is 0. The van der Waals surface area contributed by atoms with E-state index in [1.54, 1.807) is 6.07 Å². The van der Waals surface area contributed by atoms with Crippen LogP contribution in [-0.4, -0.2) is 52.5 Å². The third-order valence-corrected chi connectivity index (χ3v) is 8.07. The molecule has 2 heterocycles. The molecule has 8 heteroatoms. The monoisotopic (exact) mass is 444 g/mol. The highest BCUT2D eigenvalue weighted by atomic mass is 32.2. The minimum Gasteiger partial charge on any atom is -0.493 e. The van der Waals surface area contributed by atoms with Gasteiger partial charge in [-0.15, -0.1) is 0 Å². The first kappa shape index (κ1) is 21.6. The van der Waals surface area contributed by atoms with Crippen molar-refractivity contribution in [3.63, 3.8) is 0 Å². The average molecular weight is 445 g/mol. The number of anilines is 1. The van der Waals surface area contributed by atoms with Gasteiger partial charge in [0.2, 0.25) is 15.9 Å². The molecule has 2 aromatic carbocycles. The molecule has 2 aromatic rings. The van der Waals surface area contributed by atoms with Gasteiger partial charge in [-0.3, -0.25) is 4.79 Å². The van der Waals surface area contributed by atoms with E-state index in [4.69, 9.17) is 9.47 Å². The van der Waals surface area contributed by atoms with E-state index in [9.17, 15) is 13.2 Å². The highest BCUT2D eigenvalue weighted by Crippen LogP contribution is 2.33. The highest BCUT2D eigenvalue weighted by molar-refractivity contribution is 7.89. The fraction of sp³-hybridized carbons (Fsp3) is 0.435. The predicted octanol–water partition coefficient (Wildman–Crippen LogP) is 3.08. The fourth-order valence-electron chi connectivity index (χ4n) is 4.45. The van der Waals surface area contributed by atoms with Gasteiger partial charge in [0.15, 0.2) is 11.5 Å². The molecule has 0 bridgehead atoms. The first-order valence-electron chi connectivity index (χ1n) is 10.6. The third-order valence-electron chi connectivity index (χ3n) is 6.17. The van der Waals surface area contributed by atoms with E-state index >= 15 is 0 Å². The van der Waals surface area contributed by atoms with Gasteiger partial charge in [-0.2, -0.15) is 4.31 Å². The molecule has 1 saturated heterocycles. The van der Waals surface area contributed by atoms with Gasteiger partial charge >= 0.3 is 0 Å². The molecule has 0 aromatic heterocycles. The number of aryl methyl sites for hydroxylation is 1. The summed E-state index contributed by atoms with van der Waals surface area (Å²) in [5.74, 6) is 0.795. The molecule has 31 heavy (non-hydrogen) atoms. The van der Waals surface area contributed by atoms with Crippen LogP contribution in [0.5, 0.6) is 11.5 Å². The van der Waals surface area contributed by atoms with Crippen LogP contribution in [-0.2, 0) is 21.2 Å². The van der Waals surface area contributed by atoms with E-state index in [1.807, 2.05) is 23.1 Å². The first-order valence-corrected chi connectivity index (χ1v) is 12.0. The fourth-order valence-corrected chi connectivity index (χ4v) is 5.94.